The molecule has 25 heavy (non-hydrogen) atoms. The molecule has 5 heteroatoms. The molecule has 128 valence electrons. The number of nitrogens with zero attached hydrogens (tertiary/aromatic N) is 2. The summed E-state index contributed by atoms with van der Waals surface area (Å²) in [5.41, 5.74) is 1.81. The van der Waals surface area contributed by atoms with Gasteiger partial charge in [0, 0.05) is 30.0 Å². The first kappa shape index (κ1) is 14.9. The van der Waals surface area contributed by atoms with Gasteiger partial charge in [-0.25, -0.2) is 4.39 Å². The van der Waals surface area contributed by atoms with Gasteiger partial charge in [0.15, 0.2) is 0 Å². The van der Waals surface area contributed by atoms with Crippen LogP contribution in [0.25, 0.3) is 11.3 Å². The van der Waals surface area contributed by atoms with Crippen molar-refractivity contribution in [3.63, 3.8) is 0 Å². The molecule has 0 N–H and O–H groups in total. The van der Waals surface area contributed by atoms with Crippen LogP contribution in [0.5, 0.6) is 0 Å². The molecule has 1 fully saturated rings. The third-order valence-corrected chi connectivity index (χ3v) is 5.86. The number of aromatic nitrogens is 1. The molecule has 1 amide bonds. The average Bonchev–Trinajstić information content (AvgIpc) is 3.36. The molecule has 3 aliphatic rings. The van der Waals surface area contributed by atoms with Gasteiger partial charge in [-0.2, -0.15) is 0 Å². The molecule has 2 heterocycles. The van der Waals surface area contributed by atoms with E-state index < -0.39 is 0 Å². The van der Waals surface area contributed by atoms with Gasteiger partial charge in [-0.05, 0) is 36.8 Å². The Balaban J connectivity index is 1.43. The van der Waals surface area contributed by atoms with E-state index in [9.17, 15) is 9.18 Å². The van der Waals surface area contributed by atoms with Crippen LogP contribution in [0, 0.1) is 23.6 Å². The van der Waals surface area contributed by atoms with E-state index in [1.165, 1.54) is 6.07 Å². The second-order valence-corrected chi connectivity index (χ2v) is 7.31. The fourth-order valence-electron chi connectivity index (χ4n) is 4.56. The van der Waals surface area contributed by atoms with E-state index in [1.807, 2.05) is 4.90 Å². The van der Waals surface area contributed by atoms with Crippen LogP contribution in [0.2, 0.25) is 0 Å². The summed E-state index contributed by atoms with van der Waals surface area (Å²) in [5.74, 6) is 1.75. The highest BCUT2D eigenvalue weighted by atomic mass is 19.1. The van der Waals surface area contributed by atoms with Gasteiger partial charge in [0.05, 0.1) is 6.54 Å². The molecule has 0 unspecified atom stereocenters. The van der Waals surface area contributed by atoms with Crippen molar-refractivity contribution in [3.8, 4) is 11.3 Å². The number of carbonyl (C=O) groups excluding carboxylic acids is 1. The largest absolute Gasteiger partial charge is 0.360 e. The van der Waals surface area contributed by atoms with E-state index in [-0.39, 0.29) is 17.6 Å². The highest BCUT2D eigenvalue weighted by Crippen LogP contribution is 2.44. The summed E-state index contributed by atoms with van der Waals surface area (Å²) in [6, 6.07) is 6.56. The van der Waals surface area contributed by atoms with Gasteiger partial charge in [-0.3, -0.25) is 4.79 Å². The molecule has 0 saturated heterocycles. The van der Waals surface area contributed by atoms with E-state index in [0.717, 1.165) is 24.2 Å². The molecule has 1 aliphatic heterocycles. The number of halogens is 1. The first-order valence-electron chi connectivity index (χ1n) is 8.90. The molecule has 3 atom stereocenters. The first-order chi connectivity index (χ1) is 12.2. The van der Waals surface area contributed by atoms with Gasteiger partial charge in [0.25, 0.3) is 0 Å². The zero-order valence-electron chi connectivity index (χ0n) is 13.8. The maximum absolute atomic E-state index is 14.2. The van der Waals surface area contributed by atoms with E-state index in [2.05, 4.69) is 17.3 Å². The molecule has 2 aliphatic carbocycles. The highest BCUT2D eigenvalue weighted by Gasteiger charge is 2.42. The summed E-state index contributed by atoms with van der Waals surface area (Å²) in [5, 5.41) is 4.09. The number of allylic oxidation sites excluding steroid dienone is 2. The Morgan fingerprint density at radius 2 is 2.12 bits per heavy atom. The molecular formula is C20H19FN2O2. The summed E-state index contributed by atoms with van der Waals surface area (Å²) in [4.78, 5) is 14.9. The lowest BCUT2D eigenvalue weighted by molar-refractivity contribution is -0.137. The molecule has 2 bridgehead atoms. The summed E-state index contributed by atoms with van der Waals surface area (Å²) < 4.78 is 19.6. The van der Waals surface area contributed by atoms with Crippen LogP contribution in [0.3, 0.4) is 0 Å². The van der Waals surface area contributed by atoms with Crippen LogP contribution in [0.1, 0.15) is 24.2 Å². The van der Waals surface area contributed by atoms with Gasteiger partial charge in [0.1, 0.15) is 17.3 Å². The van der Waals surface area contributed by atoms with Crippen molar-refractivity contribution in [1.82, 2.24) is 10.1 Å². The Morgan fingerprint density at radius 3 is 2.88 bits per heavy atom. The molecule has 1 aromatic heterocycles. The Morgan fingerprint density at radius 1 is 1.24 bits per heavy atom. The minimum Gasteiger partial charge on any atom is -0.360 e. The topological polar surface area (TPSA) is 46.3 Å². The lowest BCUT2D eigenvalue weighted by atomic mass is 9.91. The molecular weight excluding hydrogens is 319 g/mol. The third-order valence-electron chi connectivity index (χ3n) is 5.86. The Bertz CT molecular complexity index is 872. The number of carbonyl (C=O) groups is 1. The number of fused-ring (bicyclic) bond motifs is 3. The van der Waals surface area contributed by atoms with Crippen LogP contribution in [-0.4, -0.2) is 22.5 Å². The van der Waals surface area contributed by atoms with Crippen molar-refractivity contribution >= 4 is 5.91 Å². The van der Waals surface area contributed by atoms with Gasteiger partial charge in [-0.1, -0.05) is 29.4 Å². The maximum Gasteiger partial charge on any atom is 0.226 e. The highest BCUT2D eigenvalue weighted by molar-refractivity contribution is 5.81. The first-order valence-corrected chi connectivity index (χ1v) is 8.90. The van der Waals surface area contributed by atoms with Crippen LogP contribution >= 0.6 is 0 Å². The van der Waals surface area contributed by atoms with Crippen LogP contribution in [-0.2, 0) is 17.8 Å². The SMILES string of the molecule is O=C([C@@H]1C[C@@H]2C=C[C@H]1C2)N1CCc2onc(-c3ccccc3F)c2C1. The lowest BCUT2D eigenvalue weighted by Gasteiger charge is -2.30. The zero-order valence-corrected chi connectivity index (χ0v) is 13.8. The van der Waals surface area contributed by atoms with Crippen LogP contribution in [0.15, 0.2) is 40.9 Å². The Hall–Kier alpha value is -2.43. The van der Waals surface area contributed by atoms with Crippen molar-refractivity contribution in [2.24, 2.45) is 17.8 Å². The summed E-state index contributed by atoms with van der Waals surface area (Å²) >= 11 is 0. The summed E-state index contributed by atoms with van der Waals surface area (Å²) in [6.07, 6.45) is 7.17. The van der Waals surface area contributed by atoms with Gasteiger partial charge in [-0.15, -0.1) is 0 Å². The molecule has 5 rings (SSSR count). The van der Waals surface area contributed by atoms with Crippen molar-refractivity contribution in [2.45, 2.75) is 25.8 Å². The summed E-state index contributed by atoms with van der Waals surface area (Å²) in [7, 11) is 0. The van der Waals surface area contributed by atoms with E-state index in [1.54, 1.807) is 18.2 Å². The molecule has 0 radical (unpaired) electrons. The van der Waals surface area contributed by atoms with Gasteiger partial charge < -0.3 is 9.42 Å². The Kier molecular flexibility index (Phi) is 3.30. The molecule has 0 spiro atoms. The number of rotatable bonds is 2. The van der Waals surface area contributed by atoms with Gasteiger partial charge >= 0.3 is 0 Å². The molecule has 1 saturated carbocycles. The summed E-state index contributed by atoms with van der Waals surface area (Å²) in [6.45, 7) is 1.11. The minimum atomic E-state index is -0.319. The quantitative estimate of drug-likeness (QED) is 0.786. The number of benzene rings is 1. The van der Waals surface area contributed by atoms with E-state index in [4.69, 9.17) is 4.52 Å². The van der Waals surface area contributed by atoms with Crippen molar-refractivity contribution in [1.29, 1.82) is 0 Å². The monoisotopic (exact) mass is 338 g/mol. The van der Waals surface area contributed by atoms with Crippen molar-refractivity contribution in [2.75, 3.05) is 6.54 Å². The normalized spacial score (nSPS) is 26.9. The zero-order chi connectivity index (χ0) is 17.0. The average molecular weight is 338 g/mol. The number of amides is 1. The second-order valence-electron chi connectivity index (χ2n) is 7.31. The number of hydrogen-bond acceptors (Lipinski definition) is 3. The van der Waals surface area contributed by atoms with Crippen molar-refractivity contribution in [3.05, 3.63) is 53.6 Å². The fourth-order valence-corrected chi connectivity index (χ4v) is 4.56. The van der Waals surface area contributed by atoms with E-state index >= 15 is 0 Å². The molecule has 4 nitrogen and oxygen atoms in total. The smallest absolute Gasteiger partial charge is 0.226 e. The fraction of sp³-hybridized carbons (Fsp3) is 0.400. The van der Waals surface area contributed by atoms with Crippen LogP contribution < -0.4 is 0 Å². The van der Waals surface area contributed by atoms with E-state index in [0.29, 0.717) is 42.6 Å². The molecule has 1 aromatic carbocycles. The van der Waals surface area contributed by atoms with Crippen LogP contribution in [0.4, 0.5) is 4.39 Å². The Labute approximate surface area is 145 Å². The van der Waals surface area contributed by atoms with Gasteiger partial charge in [0.2, 0.25) is 5.91 Å². The predicted octanol–water partition coefficient (Wildman–Crippen LogP) is 3.58. The lowest BCUT2D eigenvalue weighted by Crippen LogP contribution is -2.40. The number of hydrogen-bond donors (Lipinski definition) is 0. The molecule has 2 aromatic rings. The maximum atomic E-state index is 14.2. The predicted molar refractivity (Wildman–Crippen MR) is 89.9 cm³/mol. The second kappa shape index (κ2) is 5.55. The van der Waals surface area contributed by atoms with Crippen molar-refractivity contribution < 1.29 is 13.7 Å². The minimum absolute atomic E-state index is 0.105. The standard InChI is InChI=1S/C20H19FN2O2/c21-17-4-2-1-3-14(17)19-16-11-23(8-7-18(16)25-22-19)20(24)15-10-12-5-6-13(15)9-12/h1-6,12-13,15H,7-11H2/t12-,13+,15-/m1/s1. The third kappa shape index (κ3) is 2.33.